The molecule has 1 aromatic rings. The molecule has 2 atom stereocenters. The second-order valence-corrected chi connectivity index (χ2v) is 6.51. The molecule has 2 nitrogen and oxygen atoms in total. The van der Waals surface area contributed by atoms with Crippen molar-refractivity contribution in [2.75, 3.05) is 24.5 Å². The number of halogens is 1. The Kier molecular flexibility index (Phi) is 3.72. The number of rotatable bonds is 1. The van der Waals surface area contributed by atoms with Crippen LogP contribution in [-0.2, 0) is 0 Å². The lowest BCUT2D eigenvalue weighted by atomic mass is 9.96. The van der Waals surface area contributed by atoms with E-state index < -0.39 is 0 Å². The third-order valence-electron chi connectivity index (χ3n) is 4.60. The first kappa shape index (κ1) is 13.3. The van der Waals surface area contributed by atoms with Crippen LogP contribution in [0, 0.1) is 6.92 Å². The molecule has 0 saturated carbocycles. The van der Waals surface area contributed by atoms with E-state index in [-0.39, 0.29) is 0 Å². The summed E-state index contributed by atoms with van der Waals surface area (Å²) >= 11 is 6.45. The predicted molar refractivity (Wildman–Crippen MR) is 82.2 cm³/mol. The van der Waals surface area contributed by atoms with Crippen LogP contribution in [0.25, 0.3) is 0 Å². The van der Waals surface area contributed by atoms with Crippen molar-refractivity contribution in [1.29, 1.82) is 0 Å². The Balaban J connectivity index is 1.83. The Morgan fingerprint density at radius 2 is 2.05 bits per heavy atom. The lowest BCUT2D eigenvalue weighted by molar-refractivity contribution is 0.115. The summed E-state index contributed by atoms with van der Waals surface area (Å²) in [5.41, 5.74) is 2.45. The van der Waals surface area contributed by atoms with Crippen LogP contribution in [0.5, 0.6) is 0 Å². The van der Waals surface area contributed by atoms with E-state index in [2.05, 4.69) is 41.8 Å². The number of anilines is 1. The van der Waals surface area contributed by atoms with Crippen LogP contribution in [-0.4, -0.2) is 36.6 Å². The highest BCUT2D eigenvalue weighted by molar-refractivity contribution is 6.33. The van der Waals surface area contributed by atoms with Crippen molar-refractivity contribution in [2.24, 2.45) is 0 Å². The molecule has 2 aliphatic heterocycles. The van der Waals surface area contributed by atoms with Crippen molar-refractivity contribution in [1.82, 2.24) is 4.90 Å². The van der Waals surface area contributed by atoms with Gasteiger partial charge in [0.05, 0.1) is 10.7 Å². The van der Waals surface area contributed by atoms with Gasteiger partial charge in [-0.05, 0) is 50.9 Å². The lowest BCUT2D eigenvalue weighted by Gasteiger charge is -2.48. The SMILES string of the molecule is Cc1ccc(N2CC3CCCCN3CC2C)c(Cl)c1. The second-order valence-electron chi connectivity index (χ2n) is 6.10. The highest BCUT2D eigenvalue weighted by Gasteiger charge is 2.33. The van der Waals surface area contributed by atoms with Gasteiger partial charge in [0, 0.05) is 25.2 Å². The summed E-state index contributed by atoms with van der Waals surface area (Å²) in [5, 5.41) is 0.899. The molecular weight excluding hydrogens is 256 g/mol. The molecular formula is C16H23ClN2. The molecule has 2 aliphatic rings. The number of nitrogens with zero attached hydrogens (tertiary/aromatic N) is 2. The topological polar surface area (TPSA) is 6.48 Å². The number of fused-ring (bicyclic) bond motifs is 1. The van der Waals surface area contributed by atoms with Crippen LogP contribution < -0.4 is 4.90 Å². The van der Waals surface area contributed by atoms with Crippen LogP contribution in [0.3, 0.4) is 0 Å². The fourth-order valence-electron chi connectivity index (χ4n) is 3.53. The maximum Gasteiger partial charge on any atom is 0.0642 e. The fourth-order valence-corrected chi connectivity index (χ4v) is 3.88. The molecule has 2 heterocycles. The highest BCUT2D eigenvalue weighted by Crippen LogP contribution is 2.33. The average Bonchev–Trinajstić information content (AvgIpc) is 2.38. The number of piperazine rings is 1. The molecule has 0 radical (unpaired) electrons. The van der Waals surface area contributed by atoms with E-state index in [9.17, 15) is 0 Å². The number of hydrogen-bond donors (Lipinski definition) is 0. The number of hydrogen-bond acceptors (Lipinski definition) is 2. The van der Waals surface area contributed by atoms with Crippen molar-refractivity contribution in [2.45, 2.75) is 45.2 Å². The highest BCUT2D eigenvalue weighted by atomic mass is 35.5. The van der Waals surface area contributed by atoms with Gasteiger partial charge in [-0.3, -0.25) is 4.90 Å². The normalized spacial score (nSPS) is 28.3. The van der Waals surface area contributed by atoms with Gasteiger partial charge in [-0.2, -0.15) is 0 Å². The molecule has 0 N–H and O–H groups in total. The number of benzene rings is 1. The van der Waals surface area contributed by atoms with Crippen molar-refractivity contribution < 1.29 is 0 Å². The van der Waals surface area contributed by atoms with Gasteiger partial charge in [0.2, 0.25) is 0 Å². The molecule has 1 aromatic carbocycles. The average molecular weight is 279 g/mol. The van der Waals surface area contributed by atoms with Gasteiger partial charge in [-0.25, -0.2) is 0 Å². The monoisotopic (exact) mass is 278 g/mol. The number of aryl methyl sites for hydroxylation is 1. The Morgan fingerprint density at radius 3 is 2.84 bits per heavy atom. The molecule has 0 amide bonds. The first-order valence-electron chi connectivity index (χ1n) is 7.42. The van der Waals surface area contributed by atoms with E-state index in [1.165, 1.54) is 43.6 Å². The van der Waals surface area contributed by atoms with Gasteiger partial charge in [-0.15, -0.1) is 0 Å². The van der Waals surface area contributed by atoms with Crippen molar-refractivity contribution in [3.63, 3.8) is 0 Å². The largest absolute Gasteiger partial charge is 0.365 e. The van der Waals surface area contributed by atoms with Crippen LogP contribution in [0.1, 0.15) is 31.7 Å². The molecule has 2 unspecified atom stereocenters. The minimum absolute atomic E-state index is 0.551. The van der Waals surface area contributed by atoms with Crippen LogP contribution in [0.4, 0.5) is 5.69 Å². The Hall–Kier alpha value is -0.730. The summed E-state index contributed by atoms with van der Waals surface area (Å²) in [6.45, 7) is 8.00. The van der Waals surface area contributed by atoms with E-state index in [0.717, 1.165) is 17.6 Å². The third kappa shape index (κ3) is 2.61. The van der Waals surface area contributed by atoms with Crippen molar-refractivity contribution in [3.8, 4) is 0 Å². The van der Waals surface area contributed by atoms with Gasteiger partial charge in [0.1, 0.15) is 0 Å². The first-order chi connectivity index (χ1) is 9.15. The summed E-state index contributed by atoms with van der Waals surface area (Å²) in [6, 6.07) is 7.71. The standard InChI is InChI=1S/C16H23ClN2/c1-12-6-7-16(15(17)9-12)19-11-14-5-3-4-8-18(14)10-13(19)2/h6-7,9,13-14H,3-5,8,10-11H2,1-2H3. The molecule has 0 bridgehead atoms. The Labute approximate surface area is 121 Å². The summed E-state index contributed by atoms with van der Waals surface area (Å²) in [4.78, 5) is 5.18. The van der Waals surface area contributed by atoms with Crippen molar-refractivity contribution >= 4 is 17.3 Å². The van der Waals surface area contributed by atoms with Crippen molar-refractivity contribution in [3.05, 3.63) is 28.8 Å². The summed E-state index contributed by atoms with van der Waals surface area (Å²) in [5.74, 6) is 0. The van der Waals surface area contributed by atoms with Crippen LogP contribution >= 0.6 is 11.6 Å². The van der Waals surface area contributed by atoms with Gasteiger partial charge in [0.15, 0.2) is 0 Å². The molecule has 2 saturated heterocycles. The minimum Gasteiger partial charge on any atom is -0.365 e. The summed E-state index contributed by atoms with van der Waals surface area (Å²) in [6.07, 6.45) is 4.09. The molecule has 19 heavy (non-hydrogen) atoms. The van der Waals surface area contributed by atoms with Gasteiger partial charge in [-0.1, -0.05) is 24.1 Å². The van der Waals surface area contributed by atoms with Gasteiger partial charge < -0.3 is 4.90 Å². The third-order valence-corrected chi connectivity index (χ3v) is 4.90. The maximum atomic E-state index is 6.45. The zero-order valence-electron chi connectivity index (χ0n) is 11.9. The predicted octanol–water partition coefficient (Wildman–Crippen LogP) is 3.71. The fraction of sp³-hybridized carbons (Fsp3) is 0.625. The molecule has 3 heteroatoms. The first-order valence-corrected chi connectivity index (χ1v) is 7.80. The second kappa shape index (κ2) is 5.34. The van der Waals surface area contributed by atoms with E-state index in [1.54, 1.807) is 0 Å². The Bertz CT molecular complexity index is 460. The van der Waals surface area contributed by atoms with Crippen LogP contribution in [0.2, 0.25) is 5.02 Å². The molecule has 0 spiro atoms. The van der Waals surface area contributed by atoms with E-state index in [1.807, 2.05) is 0 Å². The number of piperidine rings is 1. The van der Waals surface area contributed by atoms with E-state index >= 15 is 0 Å². The maximum absolute atomic E-state index is 6.45. The molecule has 0 aromatic heterocycles. The lowest BCUT2D eigenvalue weighted by Crippen LogP contribution is -2.58. The molecule has 104 valence electrons. The Morgan fingerprint density at radius 1 is 1.21 bits per heavy atom. The zero-order chi connectivity index (χ0) is 13.4. The molecule has 3 rings (SSSR count). The van der Waals surface area contributed by atoms with E-state index in [0.29, 0.717) is 6.04 Å². The molecule has 0 aliphatic carbocycles. The van der Waals surface area contributed by atoms with Gasteiger partial charge in [0.25, 0.3) is 0 Å². The quantitative estimate of drug-likeness (QED) is 0.773. The zero-order valence-corrected chi connectivity index (χ0v) is 12.7. The smallest absolute Gasteiger partial charge is 0.0642 e. The summed E-state index contributed by atoms with van der Waals surface area (Å²) < 4.78 is 0. The van der Waals surface area contributed by atoms with Gasteiger partial charge >= 0.3 is 0 Å². The van der Waals surface area contributed by atoms with Crippen LogP contribution in [0.15, 0.2) is 18.2 Å². The minimum atomic E-state index is 0.551. The van der Waals surface area contributed by atoms with E-state index in [4.69, 9.17) is 11.6 Å². The summed E-state index contributed by atoms with van der Waals surface area (Å²) in [7, 11) is 0. The molecule has 2 fully saturated rings.